The smallest absolute Gasteiger partial charge is 0.191 e. The first-order valence-electron chi connectivity index (χ1n) is 11.3. The Morgan fingerprint density at radius 3 is 2.72 bits per heavy atom. The second-order valence-corrected chi connectivity index (χ2v) is 7.43. The predicted octanol–water partition coefficient (Wildman–Crippen LogP) is 2.59. The second-order valence-electron chi connectivity index (χ2n) is 7.43. The molecular formula is C24H35N5O3. The predicted molar refractivity (Wildman–Crippen MR) is 127 cm³/mol. The molecule has 0 bridgehead atoms. The van der Waals surface area contributed by atoms with E-state index in [4.69, 9.17) is 19.2 Å². The highest BCUT2D eigenvalue weighted by Crippen LogP contribution is 2.18. The number of ether oxygens (including phenoxy) is 3. The van der Waals surface area contributed by atoms with Gasteiger partial charge < -0.3 is 29.7 Å². The number of rotatable bonds is 11. The van der Waals surface area contributed by atoms with Gasteiger partial charge in [0.1, 0.15) is 11.6 Å². The first-order chi connectivity index (χ1) is 15.8. The van der Waals surface area contributed by atoms with Crippen LogP contribution >= 0.6 is 0 Å². The van der Waals surface area contributed by atoms with Crippen molar-refractivity contribution in [1.82, 2.24) is 15.6 Å². The summed E-state index contributed by atoms with van der Waals surface area (Å²) < 4.78 is 16.2. The van der Waals surface area contributed by atoms with Crippen LogP contribution in [0.1, 0.15) is 24.5 Å². The quantitative estimate of drug-likeness (QED) is 0.315. The van der Waals surface area contributed by atoms with E-state index >= 15 is 0 Å². The summed E-state index contributed by atoms with van der Waals surface area (Å²) in [5.41, 5.74) is 2.26. The largest absolute Gasteiger partial charge is 0.497 e. The molecule has 1 aliphatic heterocycles. The van der Waals surface area contributed by atoms with Crippen molar-refractivity contribution in [3.05, 3.63) is 53.7 Å². The van der Waals surface area contributed by atoms with E-state index in [0.717, 1.165) is 81.1 Å². The maximum absolute atomic E-state index is 5.49. The average molecular weight is 442 g/mol. The lowest BCUT2D eigenvalue weighted by Crippen LogP contribution is -2.40. The number of anilines is 1. The van der Waals surface area contributed by atoms with Gasteiger partial charge in [0.05, 0.1) is 26.9 Å². The molecule has 1 aromatic heterocycles. The molecule has 2 heterocycles. The zero-order valence-corrected chi connectivity index (χ0v) is 19.2. The molecule has 1 saturated heterocycles. The Balaban J connectivity index is 1.63. The fourth-order valence-corrected chi connectivity index (χ4v) is 3.41. The SMILES string of the molecule is CCOCCCNC(=NCc1ccc(OC)cc1)NCc1cccnc1N1CCOCC1. The van der Waals surface area contributed by atoms with Gasteiger partial charge in [-0.1, -0.05) is 18.2 Å². The number of pyridine rings is 1. The zero-order chi connectivity index (χ0) is 22.4. The van der Waals surface area contributed by atoms with E-state index in [-0.39, 0.29) is 0 Å². The van der Waals surface area contributed by atoms with E-state index in [1.807, 2.05) is 43.5 Å². The van der Waals surface area contributed by atoms with Crippen molar-refractivity contribution in [2.75, 3.05) is 58.1 Å². The number of nitrogens with one attached hydrogen (secondary N) is 2. The number of aliphatic imine (C=N–C) groups is 1. The molecule has 0 unspecified atom stereocenters. The fraction of sp³-hybridized carbons (Fsp3) is 0.500. The van der Waals surface area contributed by atoms with E-state index in [2.05, 4.69) is 26.6 Å². The first-order valence-corrected chi connectivity index (χ1v) is 11.3. The highest BCUT2D eigenvalue weighted by atomic mass is 16.5. The summed E-state index contributed by atoms with van der Waals surface area (Å²) in [5, 5.41) is 6.90. The van der Waals surface area contributed by atoms with E-state index in [9.17, 15) is 0 Å². The monoisotopic (exact) mass is 441 g/mol. The van der Waals surface area contributed by atoms with Gasteiger partial charge in [-0.25, -0.2) is 9.98 Å². The van der Waals surface area contributed by atoms with Crippen LogP contribution in [-0.2, 0) is 22.6 Å². The summed E-state index contributed by atoms with van der Waals surface area (Å²) in [4.78, 5) is 11.7. The summed E-state index contributed by atoms with van der Waals surface area (Å²) in [6.45, 7) is 8.68. The third-order valence-electron chi connectivity index (χ3n) is 5.17. The number of hydrogen-bond donors (Lipinski definition) is 2. The van der Waals surface area contributed by atoms with E-state index in [1.165, 1.54) is 0 Å². The van der Waals surface area contributed by atoms with Crippen LogP contribution in [0.5, 0.6) is 5.75 Å². The minimum Gasteiger partial charge on any atom is -0.497 e. The summed E-state index contributed by atoms with van der Waals surface area (Å²) in [5.74, 6) is 2.63. The van der Waals surface area contributed by atoms with Crippen molar-refractivity contribution in [2.24, 2.45) is 4.99 Å². The summed E-state index contributed by atoms with van der Waals surface area (Å²) in [7, 11) is 1.67. The van der Waals surface area contributed by atoms with Crippen molar-refractivity contribution in [2.45, 2.75) is 26.4 Å². The van der Waals surface area contributed by atoms with Crippen molar-refractivity contribution in [3.63, 3.8) is 0 Å². The summed E-state index contributed by atoms with van der Waals surface area (Å²) in [6, 6.07) is 12.1. The number of aromatic nitrogens is 1. The standard InChI is InChI=1S/C24H35N5O3/c1-3-31-15-5-12-26-24(27-18-20-7-9-22(30-2)10-8-20)28-19-21-6-4-11-25-23(21)29-13-16-32-17-14-29/h4,6-11H,3,5,12-19H2,1-2H3,(H2,26,27,28). The Bertz CT molecular complexity index is 823. The van der Waals surface area contributed by atoms with Crippen molar-refractivity contribution in [1.29, 1.82) is 0 Å². The Kier molecular flexibility index (Phi) is 10.1. The number of benzene rings is 1. The molecule has 0 saturated carbocycles. The molecule has 2 aromatic rings. The molecule has 0 atom stereocenters. The third kappa shape index (κ3) is 7.69. The molecule has 0 spiro atoms. The molecule has 1 aliphatic rings. The molecule has 3 rings (SSSR count). The van der Waals surface area contributed by atoms with Crippen LogP contribution < -0.4 is 20.3 Å². The molecule has 0 aliphatic carbocycles. The topological polar surface area (TPSA) is 80.2 Å². The molecule has 1 fully saturated rings. The second kappa shape index (κ2) is 13.5. The minimum absolute atomic E-state index is 0.578. The number of methoxy groups -OCH3 is 1. The van der Waals surface area contributed by atoms with Crippen LogP contribution in [0.25, 0.3) is 0 Å². The molecule has 174 valence electrons. The van der Waals surface area contributed by atoms with Crippen molar-refractivity contribution < 1.29 is 14.2 Å². The molecular weight excluding hydrogens is 406 g/mol. The normalized spacial score (nSPS) is 14.3. The maximum Gasteiger partial charge on any atom is 0.191 e. The maximum atomic E-state index is 5.49. The molecule has 8 heteroatoms. The number of guanidine groups is 1. The Morgan fingerprint density at radius 2 is 1.97 bits per heavy atom. The summed E-state index contributed by atoms with van der Waals surface area (Å²) >= 11 is 0. The number of hydrogen-bond acceptors (Lipinski definition) is 6. The molecule has 2 N–H and O–H groups in total. The van der Waals surface area contributed by atoms with Gasteiger partial charge in [-0.15, -0.1) is 0 Å². The first kappa shape index (κ1) is 23.8. The minimum atomic E-state index is 0.578. The van der Waals surface area contributed by atoms with Crippen LogP contribution in [0.2, 0.25) is 0 Å². The highest BCUT2D eigenvalue weighted by Gasteiger charge is 2.16. The van der Waals surface area contributed by atoms with Gasteiger partial charge in [0.25, 0.3) is 0 Å². The van der Waals surface area contributed by atoms with Gasteiger partial charge in [-0.2, -0.15) is 0 Å². The van der Waals surface area contributed by atoms with Gasteiger partial charge in [0.15, 0.2) is 5.96 Å². The van der Waals surface area contributed by atoms with Gasteiger partial charge in [0.2, 0.25) is 0 Å². The molecule has 0 amide bonds. The summed E-state index contributed by atoms with van der Waals surface area (Å²) in [6.07, 6.45) is 2.77. The van der Waals surface area contributed by atoms with Crippen LogP contribution in [0.3, 0.4) is 0 Å². The van der Waals surface area contributed by atoms with Crippen molar-refractivity contribution >= 4 is 11.8 Å². The van der Waals surface area contributed by atoms with E-state index < -0.39 is 0 Å². The lowest BCUT2D eigenvalue weighted by molar-refractivity contribution is 0.122. The van der Waals surface area contributed by atoms with Crippen LogP contribution in [0, 0.1) is 0 Å². The lowest BCUT2D eigenvalue weighted by Gasteiger charge is -2.29. The van der Waals surface area contributed by atoms with E-state index in [0.29, 0.717) is 13.1 Å². The van der Waals surface area contributed by atoms with Crippen LogP contribution in [0.15, 0.2) is 47.6 Å². The molecule has 32 heavy (non-hydrogen) atoms. The highest BCUT2D eigenvalue weighted by molar-refractivity contribution is 5.80. The number of morpholine rings is 1. The van der Waals surface area contributed by atoms with Crippen molar-refractivity contribution in [3.8, 4) is 5.75 Å². The Morgan fingerprint density at radius 1 is 1.16 bits per heavy atom. The zero-order valence-electron chi connectivity index (χ0n) is 19.2. The van der Waals surface area contributed by atoms with Gasteiger partial charge >= 0.3 is 0 Å². The van der Waals surface area contributed by atoms with Crippen LogP contribution in [-0.4, -0.2) is 64.1 Å². The number of nitrogens with zero attached hydrogens (tertiary/aromatic N) is 3. The molecule has 8 nitrogen and oxygen atoms in total. The average Bonchev–Trinajstić information content (AvgIpc) is 2.86. The van der Waals surface area contributed by atoms with Gasteiger partial charge in [-0.3, -0.25) is 0 Å². The van der Waals surface area contributed by atoms with Gasteiger partial charge in [0, 0.05) is 51.2 Å². The van der Waals surface area contributed by atoms with Gasteiger partial charge in [-0.05, 0) is 37.1 Å². The van der Waals surface area contributed by atoms with E-state index in [1.54, 1.807) is 7.11 Å². The fourth-order valence-electron chi connectivity index (χ4n) is 3.41. The van der Waals surface area contributed by atoms with Crippen LogP contribution in [0.4, 0.5) is 5.82 Å². The Hall–Kier alpha value is -2.84. The lowest BCUT2D eigenvalue weighted by atomic mass is 10.2. The molecule has 1 aromatic carbocycles. The molecule has 0 radical (unpaired) electrons. The Labute approximate surface area is 191 Å². The third-order valence-corrected chi connectivity index (χ3v) is 5.17.